The SMILES string of the molecule is CCCC/C=C\CCCCCCCC(=O)OCCCCCCCCCCCCC/C=C\CCCCCCCCCC(=O)NC(CO)C(O)/C=C/CCCCCCCCCC. The van der Waals surface area contributed by atoms with Gasteiger partial charge in [-0.25, -0.2) is 0 Å². The molecule has 0 saturated heterocycles. The van der Waals surface area contributed by atoms with E-state index >= 15 is 0 Å². The van der Waals surface area contributed by atoms with Crippen molar-refractivity contribution in [3.05, 3.63) is 36.5 Å². The molecule has 0 aliphatic heterocycles. The van der Waals surface area contributed by atoms with Gasteiger partial charge in [0.05, 0.1) is 25.4 Å². The summed E-state index contributed by atoms with van der Waals surface area (Å²) in [4.78, 5) is 24.3. The highest BCUT2D eigenvalue weighted by atomic mass is 16.5. The van der Waals surface area contributed by atoms with E-state index in [4.69, 9.17) is 4.74 Å². The molecule has 3 N–H and O–H groups in total. The molecule has 0 heterocycles. The van der Waals surface area contributed by atoms with Crippen LogP contribution in [0.3, 0.4) is 0 Å². The number of esters is 1. The van der Waals surface area contributed by atoms with Crippen LogP contribution in [0.5, 0.6) is 0 Å². The largest absolute Gasteiger partial charge is 0.466 e. The van der Waals surface area contributed by atoms with Gasteiger partial charge in [-0.1, -0.05) is 217 Å². The van der Waals surface area contributed by atoms with E-state index in [0.717, 1.165) is 51.4 Å². The van der Waals surface area contributed by atoms with Gasteiger partial charge in [-0.3, -0.25) is 9.59 Å². The fraction of sp³-hybridized carbons (Fsp3) is 0.852. The Hall–Kier alpha value is -1.92. The van der Waals surface area contributed by atoms with E-state index in [1.807, 2.05) is 6.08 Å². The molecule has 0 rings (SSSR count). The van der Waals surface area contributed by atoms with Crippen LogP contribution in [0.1, 0.15) is 271 Å². The number of carbonyl (C=O) groups is 2. The van der Waals surface area contributed by atoms with E-state index in [-0.39, 0.29) is 18.5 Å². The lowest BCUT2D eigenvalue weighted by Crippen LogP contribution is -2.45. The number of ether oxygens (including phenoxy) is 1. The van der Waals surface area contributed by atoms with E-state index in [0.29, 0.717) is 19.4 Å². The van der Waals surface area contributed by atoms with Crippen molar-refractivity contribution in [2.45, 2.75) is 283 Å². The molecular weight excluding hydrogens is 743 g/mol. The van der Waals surface area contributed by atoms with E-state index in [1.165, 1.54) is 193 Å². The summed E-state index contributed by atoms with van der Waals surface area (Å²) in [5.41, 5.74) is 0. The number of rotatable bonds is 48. The van der Waals surface area contributed by atoms with E-state index in [2.05, 4.69) is 43.5 Å². The average molecular weight is 844 g/mol. The monoisotopic (exact) mass is 844 g/mol. The molecule has 0 aromatic heterocycles. The van der Waals surface area contributed by atoms with Crippen molar-refractivity contribution in [2.75, 3.05) is 13.2 Å². The first-order chi connectivity index (χ1) is 29.5. The summed E-state index contributed by atoms with van der Waals surface area (Å²) in [5, 5.41) is 22.9. The highest BCUT2D eigenvalue weighted by molar-refractivity contribution is 5.76. The summed E-state index contributed by atoms with van der Waals surface area (Å²) in [6.07, 6.45) is 60.2. The molecular formula is C54H101NO5. The first kappa shape index (κ1) is 58.1. The van der Waals surface area contributed by atoms with Gasteiger partial charge in [0.15, 0.2) is 0 Å². The number of unbranched alkanes of at least 4 members (excludes halogenated alkanes) is 33. The molecule has 0 radical (unpaired) electrons. The second kappa shape index (κ2) is 49.7. The van der Waals surface area contributed by atoms with Gasteiger partial charge in [-0.15, -0.1) is 0 Å². The van der Waals surface area contributed by atoms with Gasteiger partial charge < -0.3 is 20.3 Å². The van der Waals surface area contributed by atoms with Crippen LogP contribution in [-0.2, 0) is 14.3 Å². The Morgan fingerprint density at radius 1 is 0.450 bits per heavy atom. The minimum Gasteiger partial charge on any atom is -0.466 e. The normalized spacial score (nSPS) is 12.9. The van der Waals surface area contributed by atoms with Crippen LogP contribution in [0.15, 0.2) is 36.5 Å². The number of hydrogen-bond donors (Lipinski definition) is 3. The van der Waals surface area contributed by atoms with E-state index in [1.54, 1.807) is 6.08 Å². The van der Waals surface area contributed by atoms with Gasteiger partial charge in [0, 0.05) is 12.8 Å². The Morgan fingerprint density at radius 2 is 0.800 bits per heavy atom. The second-order valence-corrected chi connectivity index (χ2v) is 17.8. The van der Waals surface area contributed by atoms with Crippen molar-refractivity contribution in [3.63, 3.8) is 0 Å². The summed E-state index contributed by atoms with van der Waals surface area (Å²) in [7, 11) is 0. The standard InChI is InChI=1S/C54H101NO5/c1-3-5-7-9-11-13-27-32-36-40-44-48-54(59)60-49-45-41-37-33-29-26-24-22-20-18-16-15-17-19-21-23-25-28-31-35-39-43-47-53(58)55-51(50-56)52(57)46-42-38-34-30-14-12-10-8-6-4-2/h9,11,17,19,42,46,51-52,56-57H,3-8,10,12-16,18,20-41,43-45,47-50H2,1-2H3,(H,55,58)/b11-9-,19-17-,46-42+. The number of hydrogen-bond acceptors (Lipinski definition) is 5. The zero-order valence-corrected chi connectivity index (χ0v) is 39.9. The molecule has 0 fully saturated rings. The molecule has 0 aliphatic rings. The van der Waals surface area contributed by atoms with Crippen LogP contribution in [0.4, 0.5) is 0 Å². The first-order valence-electron chi connectivity index (χ1n) is 26.3. The quantitative estimate of drug-likeness (QED) is 0.0322. The second-order valence-electron chi connectivity index (χ2n) is 17.8. The Bertz CT molecular complexity index is 977. The molecule has 0 aromatic rings. The number of nitrogens with one attached hydrogen (secondary N) is 1. The highest BCUT2D eigenvalue weighted by Gasteiger charge is 2.18. The maximum atomic E-state index is 12.4. The molecule has 0 saturated carbocycles. The van der Waals surface area contributed by atoms with Gasteiger partial charge in [0.1, 0.15) is 0 Å². The first-order valence-corrected chi connectivity index (χ1v) is 26.3. The smallest absolute Gasteiger partial charge is 0.305 e. The van der Waals surface area contributed by atoms with Gasteiger partial charge in [0.25, 0.3) is 0 Å². The molecule has 2 atom stereocenters. The zero-order chi connectivity index (χ0) is 43.7. The summed E-state index contributed by atoms with van der Waals surface area (Å²) < 4.78 is 5.45. The van der Waals surface area contributed by atoms with Crippen molar-refractivity contribution in [1.82, 2.24) is 5.32 Å². The average Bonchev–Trinajstić information content (AvgIpc) is 3.25. The predicted molar refractivity (Wildman–Crippen MR) is 259 cm³/mol. The van der Waals surface area contributed by atoms with E-state index in [9.17, 15) is 19.8 Å². The Labute approximate surface area is 373 Å². The number of carbonyl (C=O) groups excluding carboxylic acids is 2. The minimum absolute atomic E-state index is 0.00256. The third kappa shape index (κ3) is 45.6. The van der Waals surface area contributed by atoms with Crippen molar-refractivity contribution in [2.24, 2.45) is 0 Å². The Morgan fingerprint density at radius 3 is 1.23 bits per heavy atom. The maximum absolute atomic E-state index is 12.4. The lowest BCUT2D eigenvalue weighted by molar-refractivity contribution is -0.143. The number of aliphatic hydroxyl groups is 2. The number of aliphatic hydroxyl groups excluding tert-OH is 2. The molecule has 0 aliphatic carbocycles. The maximum Gasteiger partial charge on any atom is 0.305 e. The van der Waals surface area contributed by atoms with Gasteiger partial charge in [0.2, 0.25) is 5.91 Å². The molecule has 0 bridgehead atoms. The fourth-order valence-corrected chi connectivity index (χ4v) is 7.78. The number of allylic oxidation sites excluding steroid dienone is 5. The summed E-state index contributed by atoms with van der Waals surface area (Å²) in [6, 6.07) is -0.631. The molecule has 0 spiro atoms. The molecule has 60 heavy (non-hydrogen) atoms. The van der Waals surface area contributed by atoms with Crippen molar-refractivity contribution >= 4 is 11.9 Å². The minimum atomic E-state index is -0.847. The Kier molecular flexibility index (Phi) is 48.1. The molecule has 6 nitrogen and oxygen atoms in total. The van der Waals surface area contributed by atoms with Crippen LogP contribution in [0, 0.1) is 0 Å². The lowest BCUT2D eigenvalue weighted by atomic mass is 10.0. The third-order valence-electron chi connectivity index (χ3n) is 11.9. The summed E-state index contributed by atoms with van der Waals surface area (Å²) in [5.74, 6) is -0.0803. The molecule has 0 aromatic carbocycles. The van der Waals surface area contributed by atoms with E-state index < -0.39 is 12.1 Å². The highest BCUT2D eigenvalue weighted by Crippen LogP contribution is 2.15. The van der Waals surface area contributed by atoms with Crippen LogP contribution in [0.25, 0.3) is 0 Å². The van der Waals surface area contributed by atoms with Crippen molar-refractivity contribution in [1.29, 1.82) is 0 Å². The topological polar surface area (TPSA) is 95.9 Å². The van der Waals surface area contributed by atoms with Crippen LogP contribution >= 0.6 is 0 Å². The molecule has 6 heteroatoms. The van der Waals surface area contributed by atoms with Crippen molar-refractivity contribution in [3.8, 4) is 0 Å². The lowest BCUT2D eigenvalue weighted by Gasteiger charge is -2.20. The van der Waals surface area contributed by atoms with Gasteiger partial charge in [-0.05, 0) is 77.0 Å². The Balaban J connectivity index is 3.43. The fourth-order valence-electron chi connectivity index (χ4n) is 7.78. The summed E-state index contributed by atoms with van der Waals surface area (Å²) in [6.45, 7) is 4.83. The van der Waals surface area contributed by atoms with Crippen LogP contribution in [0.2, 0.25) is 0 Å². The van der Waals surface area contributed by atoms with Gasteiger partial charge in [-0.2, -0.15) is 0 Å². The van der Waals surface area contributed by atoms with Crippen LogP contribution < -0.4 is 5.32 Å². The third-order valence-corrected chi connectivity index (χ3v) is 11.9. The molecule has 352 valence electrons. The zero-order valence-electron chi connectivity index (χ0n) is 39.9. The molecule has 1 amide bonds. The van der Waals surface area contributed by atoms with Crippen LogP contribution in [-0.4, -0.2) is 47.4 Å². The molecule has 2 unspecified atom stereocenters. The number of amides is 1. The summed E-state index contributed by atoms with van der Waals surface area (Å²) >= 11 is 0. The van der Waals surface area contributed by atoms with Gasteiger partial charge >= 0.3 is 5.97 Å². The predicted octanol–water partition coefficient (Wildman–Crippen LogP) is 15.7. The van der Waals surface area contributed by atoms with Crippen molar-refractivity contribution < 1.29 is 24.5 Å².